The molecule has 0 saturated heterocycles. The van der Waals surface area contributed by atoms with E-state index in [1.54, 1.807) is 11.1 Å². The molecular weight excluding hydrogens is 356 g/mol. The molecule has 0 bridgehead atoms. The molecule has 0 heterocycles. The molecule has 0 radical (unpaired) electrons. The third-order valence-corrected chi connectivity index (χ3v) is 8.49. The standard InChI is InChI=1S/C22H38N2O2S/c1-21(2)9-8-16-17(12-24-20(27)23-4)19(6-5-18(16)21)22(3)10-7-15(26)11-14(22)13-25/h14-15,17,19,25-26H,5-13H2,1-4H3,(H2,23,24,27). The molecule has 4 nitrogen and oxygen atoms in total. The van der Waals surface area contributed by atoms with Gasteiger partial charge in [0.05, 0.1) is 6.10 Å². The summed E-state index contributed by atoms with van der Waals surface area (Å²) in [5.41, 5.74) is 3.74. The van der Waals surface area contributed by atoms with E-state index in [4.69, 9.17) is 12.2 Å². The minimum absolute atomic E-state index is 0.0762. The highest BCUT2D eigenvalue weighted by Crippen LogP contribution is 2.59. The van der Waals surface area contributed by atoms with Gasteiger partial charge in [-0.05, 0) is 79.8 Å². The molecule has 3 rings (SSSR count). The SMILES string of the molecule is CNC(=S)NCC1C2=C(CCC1C1(C)CCC(O)CC1CO)C(C)(C)CC2. The van der Waals surface area contributed by atoms with Gasteiger partial charge < -0.3 is 20.8 Å². The zero-order valence-electron chi connectivity index (χ0n) is 17.5. The molecule has 1 saturated carbocycles. The highest BCUT2D eigenvalue weighted by molar-refractivity contribution is 7.80. The zero-order chi connectivity index (χ0) is 19.8. The lowest BCUT2D eigenvalue weighted by Crippen LogP contribution is -2.50. The quantitative estimate of drug-likeness (QED) is 0.435. The maximum absolute atomic E-state index is 10.2. The highest BCUT2D eigenvalue weighted by atomic mass is 32.1. The number of aliphatic hydroxyl groups excluding tert-OH is 2. The Bertz CT molecular complexity index is 603. The topological polar surface area (TPSA) is 64.5 Å². The summed E-state index contributed by atoms with van der Waals surface area (Å²) in [4.78, 5) is 0. The van der Waals surface area contributed by atoms with Gasteiger partial charge in [-0.25, -0.2) is 0 Å². The fourth-order valence-electron chi connectivity index (χ4n) is 6.35. The van der Waals surface area contributed by atoms with E-state index >= 15 is 0 Å². The molecule has 5 heteroatoms. The van der Waals surface area contributed by atoms with Crippen molar-refractivity contribution in [3.8, 4) is 0 Å². The van der Waals surface area contributed by atoms with Gasteiger partial charge in [0.2, 0.25) is 0 Å². The molecule has 0 aromatic rings. The van der Waals surface area contributed by atoms with Crippen molar-refractivity contribution in [2.24, 2.45) is 28.6 Å². The molecule has 5 unspecified atom stereocenters. The second kappa shape index (κ2) is 8.00. The molecule has 27 heavy (non-hydrogen) atoms. The predicted molar refractivity (Wildman–Crippen MR) is 114 cm³/mol. The summed E-state index contributed by atoms with van der Waals surface area (Å²) in [5.74, 6) is 1.18. The first-order valence-electron chi connectivity index (χ1n) is 10.7. The minimum atomic E-state index is -0.257. The number of hydrogen-bond donors (Lipinski definition) is 4. The first kappa shape index (κ1) is 21.1. The maximum atomic E-state index is 10.2. The molecule has 154 valence electrons. The van der Waals surface area contributed by atoms with Crippen LogP contribution in [0.4, 0.5) is 0 Å². The smallest absolute Gasteiger partial charge is 0.166 e. The average Bonchev–Trinajstić information content (AvgIpc) is 2.96. The Morgan fingerprint density at radius 3 is 2.59 bits per heavy atom. The monoisotopic (exact) mass is 394 g/mol. The van der Waals surface area contributed by atoms with Gasteiger partial charge in [-0.3, -0.25) is 0 Å². The molecule has 0 aromatic carbocycles. The van der Waals surface area contributed by atoms with Crippen LogP contribution in [-0.2, 0) is 0 Å². The van der Waals surface area contributed by atoms with Crippen LogP contribution in [0.25, 0.3) is 0 Å². The van der Waals surface area contributed by atoms with Crippen molar-refractivity contribution in [1.29, 1.82) is 0 Å². The van der Waals surface area contributed by atoms with Crippen LogP contribution >= 0.6 is 12.2 Å². The van der Waals surface area contributed by atoms with Gasteiger partial charge >= 0.3 is 0 Å². The Labute approximate surface area is 170 Å². The van der Waals surface area contributed by atoms with Gasteiger partial charge in [0.25, 0.3) is 0 Å². The molecule has 0 aliphatic heterocycles. The molecule has 5 atom stereocenters. The van der Waals surface area contributed by atoms with Crippen molar-refractivity contribution in [2.45, 2.75) is 71.8 Å². The average molecular weight is 395 g/mol. The normalized spacial score (nSPS) is 38.4. The number of thiocarbonyl (C=S) groups is 1. The summed E-state index contributed by atoms with van der Waals surface area (Å²) in [6, 6.07) is 0. The molecule has 0 aromatic heterocycles. The van der Waals surface area contributed by atoms with E-state index in [1.807, 2.05) is 7.05 Å². The number of allylic oxidation sites excluding steroid dienone is 1. The summed E-state index contributed by atoms with van der Waals surface area (Å²) < 4.78 is 0. The van der Waals surface area contributed by atoms with Crippen LogP contribution in [0.2, 0.25) is 0 Å². The van der Waals surface area contributed by atoms with Gasteiger partial charge in [-0.1, -0.05) is 31.9 Å². The highest BCUT2D eigenvalue weighted by Gasteiger charge is 2.51. The molecular formula is C22H38N2O2S. The molecule has 0 spiro atoms. The van der Waals surface area contributed by atoms with Crippen molar-refractivity contribution in [1.82, 2.24) is 10.6 Å². The second-order valence-electron chi connectivity index (χ2n) is 9.91. The summed E-state index contributed by atoms with van der Waals surface area (Å²) >= 11 is 5.36. The van der Waals surface area contributed by atoms with Gasteiger partial charge in [-0.15, -0.1) is 0 Å². The number of rotatable bonds is 4. The van der Waals surface area contributed by atoms with Gasteiger partial charge in [0, 0.05) is 26.1 Å². The first-order valence-corrected chi connectivity index (χ1v) is 11.1. The lowest BCUT2D eigenvalue weighted by atomic mass is 9.53. The van der Waals surface area contributed by atoms with Crippen molar-refractivity contribution >= 4 is 17.3 Å². The van der Waals surface area contributed by atoms with E-state index in [9.17, 15) is 10.2 Å². The molecule has 4 N–H and O–H groups in total. The summed E-state index contributed by atoms with van der Waals surface area (Å²) in [5, 5.41) is 27.5. The Morgan fingerprint density at radius 1 is 1.19 bits per heavy atom. The van der Waals surface area contributed by atoms with Crippen LogP contribution in [0.3, 0.4) is 0 Å². The maximum Gasteiger partial charge on any atom is 0.166 e. The fourth-order valence-corrected chi connectivity index (χ4v) is 6.43. The van der Waals surface area contributed by atoms with Crippen molar-refractivity contribution < 1.29 is 10.2 Å². The summed E-state index contributed by atoms with van der Waals surface area (Å²) in [6.07, 6.45) is 7.15. The Kier molecular flexibility index (Phi) is 6.24. The third-order valence-electron chi connectivity index (χ3n) is 8.15. The van der Waals surface area contributed by atoms with E-state index in [0.717, 1.165) is 25.8 Å². The first-order chi connectivity index (χ1) is 12.7. The zero-order valence-corrected chi connectivity index (χ0v) is 18.3. The number of nitrogens with one attached hydrogen (secondary N) is 2. The van der Waals surface area contributed by atoms with E-state index in [1.165, 1.54) is 25.7 Å². The predicted octanol–water partition coefficient (Wildman–Crippen LogP) is 3.38. The van der Waals surface area contributed by atoms with E-state index in [-0.39, 0.29) is 24.0 Å². The summed E-state index contributed by atoms with van der Waals surface area (Å²) in [6.45, 7) is 8.22. The third kappa shape index (κ3) is 3.92. The van der Waals surface area contributed by atoms with Crippen LogP contribution in [0.1, 0.15) is 65.7 Å². The molecule has 3 aliphatic carbocycles. The van der Waals surface area contributed by atoms with Gasteiger partial charge in [0.1, 0.15) is 0 Å². The van der Waals surface area contributed by atoms with E-state index < -0.39 is 0 Å². The lowest BCUT2D eigenvalue weighted by Gasteiger charge is -2.52. The van der Waals surface area contributed by atoms with E-state index in [2.05, 4.69) is 31.4 Å². The molecule has 1 fully saturated rings. The largest absolute Gasteiger partial charge is 0.396 e. The van der Waals surface area contributed by atoms with Crippen LogP contribution in [0.5, 0.6) is 0 Å². The van der Waals surface area contributed by atoms with Gasteiger partial charge in [-0.2, -0.15) is 0 Å². The Balaban J connectivity index is 1.92. The van der Waals surface area contributed by atoms with E-state index in [0.29, 0.717) is 22.4 Å². The van der Waals surface area contributed by atoms with Crippen LogP contribution in [0.15, 0.2) is 11.1 Å². The second-order valence-corrected chi connectivity index (χ2v) is 10.3. The number of aliphatic hydroxyl groups is 2. The Hall–Kier alpha value is -0.650. The lowest BCUT2D eigenvalue weighted by molar-refractivity contribution is -0.0579. The van der Waals surface area contributed by atoms with Crippen LogP contribution < -0.4 is 10.6 Å². The minimum Gasteiger partial charge on any atom is -0.396 e. The fraction of sp³-hybridized carbons (Fsp3) is 0.864. The van der Waals surface area contributed by atoms with Crippen LogP contribution in [-0.4, -0.2) is 41.6 Å². The molecule has 0 amide bonds. The van der Waals surface area contributed by atoms with Gasteiger partial charge in [0.15, 0.2) is 5.11 Å². The van der Waals surface area contributed by atoms with Crippen molar-refractivity contribution in [3.63, 3.8) is 0 Å². The molecule has 3 aliphatic rings. The number of hydrogen-bond acceptors (Lipinski definition) is 3. The van der Waals surface area contributed by atoms with Crippen molar-refractivity contribution in [3.05, 3.63) is 11.1 Å². The van der Waals surface area contributed by atoms with Crippen molar-refractivity contribution in [2.75, 3.05) is 20.2 Å². The Morgan fingerprint density at radius 2 is 1.93 bits per heavy atom. The van der Waals surface area contributed by atoms with Crippen LogP contribution in [0, 0.1) is 28.6 Å². The summed E-state index contributed by atoms with van der Waals surface area (Å²) in [7, 11) is 1.86.